The van der Waals surface area contributed by atoms with Gasteiger partial charge in [-0.3, -0.25) is 0 Å². The van der Waals surface area contributed by atoms with Crippen molar-refractivity contribution in [1.82, 2.24) is 0 Å². The zero-order valence-corrected chi connectivity index (χ0v) is 6.53. The van der Waals surface area contributed by atoms with Gasteiger partial charge in [-0.15, -0.1) is 0 Å². The summed E-state index contributed by atoms with van der Waals surface area (Å²) in [4.78, 5) is 0. The molecule has 1 aliphatic rings. The number of hydrogen-bond acceptors (Lipinski definition) is 4. The van der Waals surface area contributed by atoms with E-state index in [1.54, 1.807) is 0 Å². The van der Waals surface area contributed by atoms with Crippen molar-refractivity contribution in [2.45, 2.75) is 25.2 Å². The van der Waals surface area contributed by atoms with Crippen molar-refractivity contribution in [2.24, 2.45) is 5.92 Å². The first-order chi connectivity index (χ1) is 5.07. The highest BCUT2D eigenvalue weighted by Gasteiger charge is 2.37. The van der Waals surface area contributed by atoms with E-state index in [0.29, 0.717) is 0 Å². The highest BCUT2D eigenvalue weighted by atomic mass is 16.6. The Morgan fingerprint density at radius 2 is 2.27 bits per heavy atom. The average molecular weight is 162 g/mol. The first-order valence-electron chi connectivity index (χ1n) is 3.73. The summed E-state index contributed by atoms with van der Waals surface area (Å²) in [6, 6.07) is 0. The molecule has 66 valence electrons. The molecule has 3 N–H and O–H groups in total. The Labute approximate surface area is 65.4 Å². The van der Waals surface area contributed by atoms with E-state index < -0.39 is 18.5 Å². The Morgan fingerprint density at radius 3 is 2.73 bits per heavy atom. The molecule has 1 saturated heterocycles. The minimum atomic E-state index is -1.52. The van der Waals surface area contributed by atoms with Crippen molar-refractivity contribution < 1.29 is 20.1 Å². The molecule has 1 fully saturated rings. The fourth-order valence-corrected chi connectivity index (χ4v) is 1.09. The summed E-state index contributed by atoms with van der Waals surface area (Å²) in [7, 11) is 0. The van der Waals surface area contributed by atoms with Gasteiger partial charge in [-0.1, -0.05) is 6.92 Å². The van der Waals surface area contributed by atoms with Crippen molar-refractivity contribution in [1.29, 1.82) is 0 Å². The molecule has 0 spiro atoms. The number of hydrogen-bond donors (Lipinski definition) is 3. The second-order valence-electron chi connectivity index (χ2n) is 3.16. The van der Waals surface area contributed by atoms with Crippen molar-refractivity contribution in [3.05, 3.63) is 0 Å². The summed E-state index contributed by atoms with van der Waals surface area (Å²) >= 11 is 0. The van der Waals surface area contributed by atoms with Crippen LogP contribution in [0.3, 0.4) is 0 Å². The minimum Gasteiger partial charge on any atom is -0.393 e. The van der Waals surface area contributed by atoms with Gasteiger partial charge in [-0.25, -0.2) is 0 Å². The zero-order valence-electron chi connectivity index (χ0n) is 6.53. The Hall–Kier alpha value is -0.160. The van der Waals surface area contributed by atoms with Gasteiger partial charge in [0.15, 0.2) is 5.79 Å². The third-order valence-corrected chi connectivity index (χ3v) is 2.05. The van der Waals surface area contributed by atoms with Crippen LogP contribution < -0.4 is 0 Å². The van der Waals surface area contributed by atoms with E-state index in [0.717, 1.165) is 0 Å². The molecule has 0 radical (unpaired) electrons. The average Bonchev–Trinajstić information content (AvgIpc) is 1.98. The molecule has 1 heterocycles. The standard InChI is InChI=1S/C7H14O4/c1-5-3-11-7(10,4-8)2-6(5)9/h5-6,8-10H,2-4H2,1H3/t5-,6+,7+/m0/s1. The Morgan fingerprint density at radius 1 is 1.64 bits per heavy atom. The van der Waals surface area contributed by atoms with Crippen molar-refractivity contribution in [2.75, 3.05) is 13.2 Å². The summed E-state index contributed by atoms with van der Waals surface area (Å²) in [6.45, 7) is 1.66. The van der Waals surface area contributed by atoms with Crippen molar-refractivity contribution in [3.63, 3.8) is 0 Å². The van der Waals surface area contributed by atoms with E-state index >= 15 is 0 Å². The smallest absolute Gasteiger partial charge is 0.191 e. The lowest BCUT2D eigenvalue weighted by atomic mass is 9.95. The van der Waals surface area contributed by atoms with Gasteiger partial charge < -0.3 is 20.1 Å². The Bertz CT molecular complexity index is 138. The van der Waals surface area contributed by atoms with Gasteiger partial charge in [0.2, 0.25) is 0 Å². The first-order valence-corrected chi connectivity index (χ1v) is 3.73. The molecule has 0 bridgehead atoms. The molecular formula is C7H14O4. The quantitative estimate of drug-likeness (QED) is 0.466. The second kappa shape index (κ2) is 3.06. The van der Waals surface area contributed by atoms with E-state index in [1.807, 2.05) is 6.92 Å². The Balaban J connectivity index is 2.51. The predicted octanol–water partition coefficient (Wildman–Crippen LogP) is -0.915. The molecule has 0 aliphatic carbocycles. The maximum atomic E-state index is 9.34. The summed E-state index contributed by atoms with van der Waals surface area (Å²) in [5.41, 5.74) is 0. The van der Waals surface area contributed by atoms with Gasteiger partial charge in [-0.2, -0.15) is 0 Å². The van der Waals surface area contributed by atoms with Gasteiger partial charge in [0.1, 0.15) is 0 Å². The number of ether oxygens (including phenoxy) is 1. The van der Waals surface area contributed by atoms with Crippen LogP contribution in [0.15, 0.2) is 0 Å². The van der Waals surface area contributed by atoms with Crippen LogP contribution >= 0.6 is 0 Å². The van der Waals surface area contributed by atoms with Crippen LogP contribution in [-0.4, -0.2) is 40.4 Å². The van der Waals surface area contributed by atoms with Crippen LogP contribution in [0.4, 0.5) is 0 Å². The largest absolute Gasteiger partial charge is 0.393 e. The summed E-state index contributed by atoms with van der Waals surface area (Å²) in [5.74, 6) is -1.49. The van der Waals surface area contributed by atoms with Crippen LogP contribution in [0.25, 0.3) is 0 Å². The fourth-order valence-electron chi connectivity index (χ4n) is 1.09. The minimum absolute atomic E-state index is 0.0295. The predicted molar refractivity (Wildman–Crippen MR) is 37.8 cm³/mol. The number of aliphatic hydroxyl groups is 3. The molecule has 0 amide bonds. The molecule has 0 unspecified atom stereocenters. The van der Waals surface area contributed by atoms with Crippen LogP contribution in [-0.2, 0) is 4.74 Å². The van der Waals surface area contributed by atoms with Crippen LogP contribution in [0.2, 0.25) is 0 Å². The normalized spacial score (nSPS) is 45.8. The van der Waals surface area contributed by atoms with E-state index in [4.69, 9.17) is 9.84 Å². The molecule has 0 aromatic heterocycles. The Kier molecular flexibility index (Phi) is 2.49. The fraction of sp³-hybridized carbons (Fsp3) is 1.00. The molecular weight excluding hydrogens is 148 g/mol. The highest BCUT2D eigenvalue weighted by Crippen LogP contribution is 2.25. The van der Waals surface area contributed by atoms with Crippen LogP contribution in [0.5, 0.6) is 0 Å². The summed E-state index contributed by atoms with van der Waals surface area (Å²) in [6.07, 6.45) is -0.495. The summed E-state index contributed by atoms with van der Waals surface area (Å²) < 4.78 is 4.94. The first kappa shape index (κ1) is 8.93. The molecule has 4 heteroatoms. The van der Waals surface area contributed by atoms with Gasteiger partial charge in [0, 0.05) is 12.3 Å². The highest BCUT2D eigenvalue weighted by molar-refractivity contribution is 4.80. The maximum absolute atomic E-state index is 9.34. The van der Waals surface area contributed by atoms with E-state index in [2.05, 4.69) is 0 Å². The van der Waals surface area contributed by atoms with Gasteiger partial charge >= 0.3 is 0 Å². The van der Waals surface area contributed by atoms with Crippen LogP contribution in [0, 0.1) is 5.92 Å². The second-order valence-corrected chi connectivity index (χ2v) is 3.16. The third kappa shape index (κ3) is 1.90. The molecule has 4 nitrogen and oxygen atoms in total. The number of aliphatic hydroxyl groups excluding tert-OH is 2. The molecule has 0 aromatic carbocycles. The van der Waals surface area contributed by atoms with Crippen molar-refractivity contribution >= 4 is 0 Å². The molecule has 11 heavy (non-hydrogen) atoms. The number of rotatable bonds is 1. The van der Waals surface area contributed by atoms with Crippen molar-refractivity contribution in [3.8, 4) is 0 Å². The lowest BCUT2D eigenvalue weighted by Gasteiger charge is -2.36. The molecule has 0 saturated carbocycles. The van der Waals surface area contributed by atoms with E-state index in [1.165, 1.54) is 0 Å². The molecule has 0 aromatic rings. The zero-order chi connectivity index (χ0) is 8.48. The molecule has 1 rings (SSSR count). The van der Waals surface area contributed by atoms with Gasteiger partial charge in [-0.05, 0) is 0 Å². The van der Waals surface area contributed by atoms with E-state index in [-0.39, 0.29) is 18.9 Å². The SMILES string of the molecule is C[C@H]1CO[C@@](O)(CO)C[C@H]1O. The lowest BCUT2D eigenvalue weighted by molar-refractivity contribution is -0.272. The van der Waals surface area contributed by atoms with Gasteiger partial charge in [0.25, 0.3) is 0 Å². The molecule has 1 aliphatic heterocycles. The third-order valence-electron chi connectivity index (χ3n) is 2.05. The lowest BCUT2D eigenvalue weighted by Crippen LogP contribution is -2.48. The van der Waals surface area contributed by atoms with Gasteiger partial charge in [0.05, 0.1) is 19.3 Å². The monoisotopic (exact) mass is 162 g/mol. The van der Waals surface area contributed by atoms with E-state index in [9.17, 15) is 10.2 Å². The maximum Gasteiger partial charge on any atom is 0.191 e. The molecule has 3 atom stereocenters. The topological polar surface area (TPSA) is 69.9 Å². The summed E-state index contributed by atoms with van der Waals surface area (Å²) in [5, 5.41) is 27.3. The van der Waals surface area contributed by atoms with Crippen LogP contribution in [0.1, 0.15) is 13.3 Å².